The molecule has 0 saturated carbocycles. The third kappa shape index (κ3) is 4.43. The van der Waals surface area contributed by atoms with Crippen LogP contribution in [0.3, 0.4) is 0 Å². The molecule has 0 aliphatic rings. The molecule has 2 aromatic heterocycles. The number of carbonyl (C=O) groups excluding carboxylic acids is 2. The number of carbonyl (C=O) groups is 2. The van der Waals surface area contributed by atoms with Crippen LogP contribution in [0.4, 0.5) is 0 Å². The molecule has 3 aromatic rings. The average Bonchev–Trinajstić information content (AvgIpc) is 3.23. The lowest BCUT2D eigenvalue weighted by Gasteiger charge is -2.10. The van der Waals surface area contributed by atoms with Gasteiger partial charge in [-0.1, -0.05) is 41.2 Å². The van der Waals surface area contributed by atoms with E-state index in [0.29, 0.717) is 15.7 Å². The molecule has 7 nitrogen and oxygen atoms in total. The Bertz CT molecular complexity index is 1080. The van der Waals surface area contributed by atoms with Crippen LogP contribution in [0.5, 0.6) is 0 Å². The first-order valence-electron chi connectivity index (χ1n) is 9.68. The van der Waals surface area contributed by atoms with Crippen molar-refractivity contribution in [3.05, 3.63) is 62.9 Å². The smallest absolute Gasteiger partial charge is 0.328 e. The highest BCUT2D eigenvalue weighted by atomic mass is 32.1. The van der Waals surface area contributed by atoms with Crippen LogP contribution >= 0.6 is 11.3 Å². The van der Waals surface area contributed by atoms with E-state index in [-0.39, 0.29) is 5.91 Å². The van der Waals surface area contributed by atoms with E-state index in [0.717, 1.165) is 23.4 Å². The lowest BCUT2D eigenvalue weighted by atomic mass is 10.0. The number of benzene rings is 1. The van der Waals surface area contributed by atoms with Crippen LogP contribution in [-0.4, -0.2) is 39.8 Å². The number of ether oxygens (including phenoxy) is 1. The van der Waals surface area contributed by atoms with Gasteiger partial charge in [-0.15, -0.1) is 0 Å². The van der Waals surface area contributed by atoms with Crippen molar-refractivity contribution in [1.82, 2.24) is 20.1 Å². The average molecular weight is 427 g/mol. The van der Waals surface area contributed by atoms with Gasteiger partial charge in [-0.05, 0) is 40.2 Å². The number of thiazole rings is 1. The zero-order valence-electron chi connectivity index (χ0n) is 18.1. The van der Waals surface area contributed by atoms with Crippen molar-refractivity contribution in [2.75, 3.05) is 7.11 Å². The summed E-state index contributed by atoms with van der Waals surface area (Å²) in [6.45, 7) is 9.43. The summed E-state index contributed by atoms with van der Waals surface area (Å²) >= 11 is 1.25. The molecule has 0 bridgehead atoms. The number of nitrogens with zero attached hydrogens (tertiary/aromatic N) is 3. The number of rotatable bonds is 6. The highest BCUT2D eigenvalue weighted by molar-refractivity contribution is 7.16. The fourth-order valence-corrected chi connectivity index (χ4v) is 4.18. The van der Waals surface area contributed by atoms with Crippen LogP contribution in [0.15, 0.2) is 24.3 Å². The van der Waals surface area contributed by atoms with Gasteiger partial charge in [0.15, 0.2) is 0 Å². The number of aromatic nitrogens is 3. The van der Waals surface area contributed by atoms with E-state index in [9.17, 15) is 9.59 Å². The Balaban J connectivity index is 1.86. The van der Waals surface area contributed by atoms with E-state index < -0.39 is 12.0 Å². The van der Waals surface area contributed by atoms with Gasteiger partial charge in [0, 0.05) is 17.7 Å². The Morgan fingerprint density at radius 1 is 1.13 bits per heavy atom. The minimum atomic E-state index is -0.734. The highest BCUT2D eigenvalue weighted by Crippen LogP contribution is 2.26. The first kappa shape index (κ1) is 21.7. The largest absolute Gasteiger partial charge is 0.467 e. The second-order valence-electron chi connectivity index (χ2n) is 7.35. The fourth-order valence-electron chi connectivity index (χ4n) is 3.21. The van der Waals surface area contributed by atoms with E-state index >= 15 is 0 Å². The summed E-state index contributed by atoms with van der Waals surface area (Å²) in [4.78, 5) is 29.2. The van der Waals surface area contributed by atoms with E-state index in [1.165, 1.54) is 29.6 Å². The van der Waals surface area contributed by atoms with E-state index in [1.807, 2.05) is 13.8 Å². The molecule has 3 rings (SSSR count). The molecule has 0 aliphatic carbocycles. The van der Waals surface area contributed by atoms with Crippen molar-refractivity contribution < 1.29 is 14.3 Å². The maximum absolute atomic E-state index is 12.6. The van der Waals surface area contributed by atoms with Gasteiger partial charge < -0.3 is 10.1 Å². The predicted octanol–water partition coefficient (Wildman–Crippen LogP) is 3.44. The molecule has 0 fully saturated rings. The zero-order chi connectivity index (χ0) is 22.0. The topological polar surface area (TPSA) is 86.1 Å². The van der Waals surface area contributed by atoms with E-state index in [4.69, 9.17) is 0 Å². The van der Waals surface area contributed by atoms with Crippen LogP contribution in [0, 0.1) is 27.7 Å². The molecule has 30 heavy (non-hydrogen) atoms. The quantitative estimate of drug-likeness (QED) is 0.610. The molecule has 1 atom stereocenters. The van der Waals surface area contributed by atoms with Gasteiger partial charge in [0.1, 0.15) is 10.9 Å². The van der Waals surface area contributed by atoms with Crippen LogP contribution in [0.2, 0.25) is 0 Å². The normalized spacial score (nSPS) is 11.9. The van der Waals surface area contributed by atoms with Crippen molar-refractivity contribution >= 4 is 23.2 Å². The molecule has 1 amide bonds. The minimum Gasteiger partial charge on any atom is -0.467 e. The Morgan fingerprint density at radius 2 is 1.80 bits per heavy atom. The summed E-state index contributed by atoms with van der Waals surface area (Å²) in [7, 11) is 1.29. The number of hydrogen-bond donors (Lipinski definition) is 1. The monoisotopic (exact) mass is 426 g/mol. The molecular formula is C22H26N4O3S. The van der Waals surface area contributed by atoms with Crippen molar-refractivity contribution in [3.8, 4) is 5.13 Å². The number of aryl methyl sites for hydroxylation is 3. The summed E-state index contributed by atoms with van der Waals surface area (Å²) in [5.41, 5.74) is 6.13. The SMILES string of the molecule is COC(=O)[C@H](C)NC(=O)c1sc(-n2nc(C)c(Cc3ccc(C)cc3)c2C)nc1C. The van der Waals surface area contributed by atoms with Crippen LogP contribution in [0.1, 0.15) is 50.4 Å². The number of nitrogens with one attached hydrogen (secondary N) is 1. The van der Waals surface area contributed by atoms with Crippen molar-refractivity contribution in [2.24, 2.45) is 0 Å². The van der Waals surface area contributed by atoms with Gasteiger partial charge in [-0.25, -0.2) is 14.5 Å². The Morgan fingerprint density at radius 3 is 2.43 bits per heavy atom. The minimum absolute atomic E-state index is 0.351. The van der Waals surface area contributed by atoms with Gasteiger partial charge in [-0.2, -0.15) is 5.10 Å². The van der Waals surface area contributed by atoms with Gasteiger partial charge in [0.25, 0.3) is 5.91 Å². The van der Waals surface area contributed by atoms with Gasteiger partial charge in [-0.3, -0.25) is 4.79 Å². The molecule has 0 unspecified atom stereocenters. The molecule has 1 aromatic carbocycles. The van der Waals surface area contributed by atoms with Gasteiger partial charge in [0.05, 0.1) is 18.5 Å². The molecule has 0 aliphatic heterocycles. The summed E-state index contributed by atoms with van der Waals surface area (Å²) in [6.07, 6.45) is 0.784. The second kappa shape index (κ2) is 8.79. The van der Waals surface area contributed by atoms with E-state index in [2.05, 4.69) is 51.3 Å². The Kier molecular flexibility index (Phi) is 6.36. The van der Waals surface area contributed by atoms with Crippen molar-refractivity contribution in [3.63, 3.8) is 0 Å². The molecule has 8 heteroatoms. The van der Waals surface area contributed by atoms with Crippen LogP contribution < -0.4 is 5.32 Å². The zero-order valence-corrected chi connectivity index (χ0v) is 18.9. The first-order valence-corrected chi connectivity index (χ1v) is 10.5. The Labute approximate surface area is 180 Å². The number of esters is 1. The number of hydrogen-bond acceptors (Lipinski definition) is 6. The summed E-state index contributed by atoms with van der Waals surface area (Å²) in [5.74, 6) is -0.847. The maximum Gasteiger partial charge on any atom is 0.328 e. The Hall–Kier alpha value is -3.00. The number of methoxy groups -OCH3 is 1. The van der Waals surface area contributed by atoms with Crippen LogP contribution in [-0.2, 0) is 16.0 Å². The predicted molar refractivity (Wildman–Crippen MR) is 116 cm³/mol. The third-order valence-electron chi connectivity index (χ3n) is 5.02. The highest BCUT2D eigenvalue weighted by Gasteiger charge is 2.23. The lowest BCUT2D eigenvalue weighted by molar-refractivity contribution is -0.142. The summed E-state index contributed by atoms with van der Waals surface area (Å²) in [5, 5.41) is 7.94. The molecule has 0 saturated heterocycles. The summed E-state index contributed by atoms with van der Waals surface area (Å²) in [6, 6.07) is 7.74. The summed E-state index contributed by atoms with van der Waals surface area (Å²) < 4.78 is 6.45. The second-order valence-corrected chi connectivity index (χ2v) is 8.33. The van der Waals surface area contributed by atoms with Crippen LogP contribution in [0.25, 0.3) is 5.13 Å². The first-order chi connectivity index (χ1) is 14.2. The molecule has 1 N–H and O–H groups in total. The maximum atomic E-state index is 12.6. The molecule has 2 heterocycles. The van der Waals surface area contributed by atoms with Crippen molar-refractivity contribution in [2.45, 2.75) is 47.1 Å². The van der Waals surface area contributed by atoms with Gasteiger partial charge in [0.2, 0.25) is 5.13 Å². The fraction of sp³-hybridized carbons (Fsp3) is 0.364. The number of amides is 1. The third-order valence-corrected chi connectivity index (χ3v) is 6.15. The van der Waals surface area contributed by atoms with E-state index in [1.54, 1.807) is 18.5 Å². The van der Waals surface area contributed by atoms with Gasteiger partial charge >= 0.3 is 5.97 Å². The lowest BCUT2D eigenvalue weighted by Crippen LogP contribution is -2.39. The molecule has 0 radical (unpaired) electrons. The molecule has 158 valence electrons. The standard InChI is InChI=1S/C22H26N4O3S/c1-12-7-9-17(10-8-12)11-18-13(2)25-26(16(18)5)22-24-14(3)19(30-22)20(27)23-15(4)21(28)29-6/h7-10,15H,11H2,1-6H3,(H,23,27)/t15-/m0/s1. The molecule has 0 spiro atoms. The van der Waals surface area contributed by atoms with Crippen molar-refractivity contribution in [1.29, 1.82) is 0 Å². The molecular weight excluding hydrogens is 400 g/mol.